The lowest BCUT2D eigenvalue weighted by atomic mass is 10.1. The molecule has 0 aromatic heterocycles. The third-order valence-electron chi connectivity index (χ3n) is 4.18. The molecule has 0 amide bonds. The Labute approximate surface area is 115 Å². The molecule has 1 aliphatic rings. The van der Waals surface area contributed by atoms with Crippen LogP contribution in [-0.4, -0.2) is 19.1 Å². The number of nitrogens with one attached hydrogen (secondary N) is 1. The Morgan fingerprint density at radius 1 is 0.941 bits per heavy atom. The van der Waals surface area contributed by atoms with E-state index in [1.54, 1.807) is 0 Å². The molecule has 2 unspecified atom stereocenters. The Morgan fingerprint density at radius 3 is 2.06 bits per heavy atom. The van der Waals surface area contributed by atoms with Crippen molar-refractivity contribution in [1.29, 1.82) is 0 Å². The summed E-state index contributed by atoms with van der Waals surface area (Å²) in [4.78, 5) is 1.88. The SMILES string of the molecule is CCCCCCCCCC[NH+]1CCCC1C.[Cl-]. The lowest BCUT2D eigenvalue weighted by molar-refractivity contribution is -0.910. The van der Waals surface area contributed by atoms with E-state index in [0.717, 1.165) is 6.04 Å². The van der Waals surface area contributed by atoms with Crippen LogP contribution in [0.2, 0.25) is 0 Å². The van der Waals surface area contributed by atoms with Crippen molar-refractivity contribution in [2.24, 2.45) is 0 Å². The van der Waals surface area contributed by atoms with Gasteiger partial charge in [0.15, 0.2) is 0 Å². The molecule has 0 aromatic carbocycles. The highest BCUT2D eigenvalue weighted by Crippen LogP contribution is 2.08. The summed E-state index contributed by atoms with van der Waals surface area (Å²) < 4.78 is 0. The van der Waals surface area contributed by atoms with Gasteiger partial charge in [0.05, 0.1) is 19.1 Å². The number of quaternary nitrogens is 1. The Balaban J connectivity index is 0.00000256. The molecule has 0 aromatic rings. The first kappa shape index (κ1) is 17.2. The van der Waals surface area contributed by atoms with Crippen LogP contribution >= 0.6 is 0 Å². The molecular formula is C15H32ClN. The minimum atomic E-state index is 0. The molecule has 2 heteroatoms. The fourth-order valence-electron chi connectivity index (χ4n) is 2.94. The van der Waals surface area contributed by atoms with Gasteiger partial charge in [-0.3, -0.25) is 0 Å². The summed E-state index contributed by atoms with van der Waals surface area (Å²) >= 11 is 0. The molecule has 2 atom stereocenters. The van der Waals surface area contributed by atoms with Crippen molar-refractivity contribution in [1.82, 2.24) is 0 Å². The standard InChI is InChI=1S/C15H31N.ClH/c1-3-4-5-6-7-8-9-10-13-16-14-11-12-15(16)2;/h15H,3-14H2,1-2H3;1H. The highest BCUT2D eigenvalue weighted by Gasteiger charge is 2.22. The van der Waals surface area contributed by atoms with E-state index in [9.17, 15) is 0 Å². The van der Waals surface area contributed by atoms with Crippen LogP contribution in [0.25, 0.3) is 0 Å². The average Bonchev–Trinajstić information content (AvgIpc) is 2.68. The highest BCUT2D eigenvalue weighted by atomic mass is 35.5. The summed E-state index contributed by atoms with van der Waals surface area (Å²) in [5, 5.41) is 0. The van der Waals surface area contributed by atoms with Gasteiger partial charge >= 0.3 is 0 Å². The van der Waals surface area contributed by atoms with Gasteiger partial charge in [0, 0.05) is 12.8 Å². The summed E-state index contributed by atoms with van der Waals surface area (Å²) in [7, 11) is 0. The van der Waals surface area contributed by atoms with Crippen LogP contribution in [0.1, 0.15) is 78.1 Å². The number of unbranched alkanes of at least 4 members (excludes halogenated alkanes) is 7. The van der Waals surface area contributed by atoms with Gasteiger partial charge in [0.2, 0.25) is 0 Å². The van der Waals surface area contributed by atoms with Crippen LogP contribution in [0.15, 0.2) is 0 Å². The molecule has 0 spiro atoms. The second-order valence-corrected chi connectivity index (χ2v) is 5.68. The molecule has 1 rings (SSSR count). The molecule has 0 bridgehead atoms. The first-order valence-electron chi connectivity index (χ1n) is 7.69. The maximum atomic E-state index is 2.42. The van der Waals surface area contributed by atoms with Crippen molar-refractivity contribution < 1.29 is 17.3 Å². The van der Waals surface area contributed by atoms with Crippen molar-refractivity contribution in [3.63, 3.8) is 0 Å². The molecule has 1 fully saturated rings. The van der Waals surface area contributed by atoms with Gasteiger partial charge in [-0.1, -0.05) is 45.4 Å². The Kier molecular flexibility index (Phi) is 11.5. The van der Waals surface area contributed by atoms with Gasteiger partial charge in [-0.25, -0.2) is 0 Å². The molecular weight excluding hydrogens is 230 g/mol. The highest BCUT2D eigenvalue weighted by molar-refractivity contribution is 4.56. The second kappa shape index (κ2) is 11.3. The fourth-order valence-corrected chi connectivity index (χ4v) is 2.94. The molecule has 1 aliphatic heterocycles. The fraction of sp³-hybridized carbons (Fsp3) is 1.00. The number of hydrogen-bond donors (Lipinski definition) is 1. The molecule has 1 saturated heterocycles. The van der Waals surface area contributed by atoms with Gasteiger partial charge in [-0.2, -0.15) is 0 Å². The summed E-state index contributed by atoms with van der Waals surface area (Å²) in [5.74, 6) is 0. The van der Waals surface area contributed by atoms with Crippen molar-refractivity contribution in [2.75, 3.05) is 13.1 Å². The van der Waals surface area contributed by atoms with E-state index in [1.165, 1.54) is 77.3 Å². The van der Waals surface area contributed by atoms with E-state index in [2.05, 4.69) is 13.8 Å². The molecule has 1 nitrogen and oxygen atoms in total. The summed E-state index contributed by atoms with van der Waals surface area (Å²) in [5.41, 5.74) is 0. The predicted octanol–water partition coefficient (Wildman–Crippen LogP) is 0.198. The van der Waals surface area contributed by atoms with Gasteiger partial charge in [-0.15, -0.1) is 0 Å². The van der Waals surface area contributed by atoms with Crippen LogP contribution in [0, 0.1) is 0 Å². The number of rotatable bonds is 9. The Morgan fingerprint density at radius 2 is 1.53 bits per heavy atom. The zero-order valence-corrected chi connectivity index (χ0v) is 12.7. The largest absolute Gasteiger partial charge is 1.00 e. The van der Waals surface area contributed by atoms with E-state index < -0.39 is 0 Å². The van der Waals surface area contributed by atoms with E-state index >= 15 is 0 Å². The van der Waals surface area contributed by atoms with Crippen LogP contribution in [0.5, 0.6) is 0 Å². The molecule has 104 valence electrons. The zero-order chi connectivity index (χ0) is 11.6. The van der Waals surface area contributed by atoms with Gasteiger partial charge in [0.1, 0.15) is 0 Å². The maximum absolute atomic E-state index is 2.42. The first-order chi connectivity index (χ1) is 7.84. The summed E-state index contributed by atoms with van der Waals surface area (Å²) in [6, 6.07) is 0.949. The molecule has 1 heterocycles. The van der Waals surface area contributed by atoms with Crippen molar-refractivity contribution >= 4 is 0 Å². The van der Waals surface area contributed by atoms with Crippen molar-refractivity contribution in [3.05, 3.63) is 0 Å². The molecule has 0 aliphatic carbocycles. The molecule has 17 heavy (non-hydrogen) atoms. The van der Waals surface area contributed by atoms with Gasteiger partial charge in [-0.05, 0) is 19.8 Å². The Hall–Kier alpha value is 0.250. The molecule has 1 N–H and O–H groups in total. The second-order valence-electron chi connectivity index (χ2n) is 5.68. The maximum Gasteiger partial charge on any atom is 0.0848 e. The summed E-state index contributed by atoms with van der Waals surface area (Å²) in [6.07, 6.45) is 14.6. The normalized spacial score (nSPS) is 23.6. The van der Waals surface area contributed by atoms with Crippen LogP contribution in [0.4, 0.5) is 0 Å². The van der Waals surface area contributed by atoms with Crippen LogP contribution in [-0.2, 0) is 0 Å². The third-order valence-corrected chi connectivity index (χ3v) is 4.18. The smallest absolute Gasteiger partial charge is 0.0848 e. The Bertz CT molecular complexity index is 161. The number of halogens is 1. The minimum Gasteiger partial charge on any atom is -1.00 e. The quantitative estimate of drug-likeness (QED) is 0.566. The van der Waals surface area contributed by atoms with E-state index in [1.807, 2.05) is 4.90 Å². The topological polar surface area (TPSA) is 4.44 Å². The summed E-state index contributed by atoms with van der Waals surface area (Å²) in [6.45, 7) is 7.60. The number of likely N-dealkylation sites (tertiary alicyclic amines) is 1. The minimum absolute atomic E-state index is 0. The van der Waals surface area contributed by atoms with Crippen molar-refractivity contribution in [2.45, 2.75) is 84.1 Å². The zero-order valence-electron chi connectivity index (χ0n) is 11.9. The first-order valence-corrected chi connectivity index (χ1v) is 7.69. The van der Waals surface area contributed by atoms with E-state index in [4.69, 9.17) is 0 Å². The van der Waals surface area contributed by atoms with Crippen LogP contribution < -0.4 is 17.3 Å². The average molecular weight is 262 g/mol. The monoisotopic (exact) mass is 261 g/mol. The van der Waals surface area contributed by atoms with Gasteiger partial charge in [0.25, 0.3) is 0 Å². The lowest BCUT2D eigenvalue weighted by Gasteiger charge is -2.17. The van der Waals surface area contributed by atoms with E-state index in [-0.39, 0.29) is 12.4 Å². The molecule has 0 saturated carbocycles. The molecule has 0 radical (unpaired) electrons. The third kappa shape index (κ3) is 8.05. The van der Waals surface area contributed by atoms with Crippen molar-refractivity contribution in [3.8, 4) is 0 Å². The lowest BCUT2D eigenvalue weighted by Crippen LogP contribution is -3.13. The van der Waals surface area contributed by atoms with Crippen LogP contribution in [0.3, 0.4) is 0 Å². The predicted molar refractivity (Wildman–Crippen MR) is 72.0 cm³/mol. The van der Waals surface area contributed by atoms with E-state index in [0.29, 0.717) is 0 Å². The van der Waals surface area contributed by atoms with Gasteiger partial charge < -0.3 is 17.3 Å². The number of hydrogen-bond acceptors (Lipinski definition) is 0.